The summed E-state index contributed by atoms with van der Waals surface area (Å²) in [6, 6.07) is 8.36. The van der Waals surface area contributed by atoms with Gasteiger partial charge in [0.25, 0.3) is 5.91 Å². The molecule has 1 fully saturated rings. The number of hydrogen-bond donors (Lipinski definition) is 0. The molecular weight excluding hydrogens is 421 g/mol. The summed E-state index contributed by atoms with van der Waals surface area (Å²) in [6.07, 6.45) is 5.85. The molecule has 3 heterocycles. The summed E-state index contributed by atoms with van der Waals surface area (Å²) < 4.78 is 24.6. The molecule has 0 spiro atoms. The summed E-state index contributed by atoms with van der Waals surface area (Å²) in [5.74, 6) is -0.245. The van der Waals surface area contributed by atoms with Gasteiger partial charge in [-0.15, -0.1) is 11.8 Å². The van der Waals surface area contributed by atoms with E-state index in [4.69, 9.17) is 9.47 Å². The predicted molar refractivity (Wildman–Crippen MR) is 114 cm³/mol. The molecule has 10 heteroatoms. The molecule has 31 heavy (non-hydrogen) atoms. The van der Waals surface area contributed by atoms with Crippen molar-refractivity contribution in [1.82, 2.24) is 24.9 Å². The Balaban J connectivity index is 1.53. The second kappa shape index (κ2) is 9.44. The van der Waals surface area contributed by atoms with E-state index >= 15 is 0 Å². The third kappa shape index (κ3) is 4.86. The number of benzene rings is 1. The van der Waals surface area contributed by atoms with E-state index in [1.165, 1.54) is 16.9 Å². The van der Waals surface area contributed by atoms with Crippen molar-refractivity contribution in [3.05, 3.63) is 65.9 Å². The first kappa shape index (κ1) is 21.3. The number of hydrogen-bond acceptors (Lipinski definition) is 7. The molecule has 0 radical (unpaired) electrons. The summed E-state index contributed by atoms with van der Waals surface area (Å²) in [5, 5.41) is 8.23. The second-order valence-electron chi connectivity index (χ2n) is 7.07. The standard InChI is InChI=1S/C21H22FN5O3S/c1-14-3-5-18(27-24-7-8-25-27)17(9-14)21(28)26-11-16(29-13-20(26)31-2)12-30-19-6-4-15(22)10-23-19/h3-10,16,20H,11-13H2,1-2H3/t16-,20-/m1/s1. The van der Waals surface area contributed by atoms with Gasteiger partial charge in [-0.3, -0.25) is 4.79 Å². The van der Waals surface area contributed by atoms with Gasteiger partial charge in [-0.05, 0) is 31.4 Å². The fourth-order valence-electron chi connectivity index (χ4n) is 3.32. The van der Waals surface area contributed by atoms with E-state index in [-0.39, 0.29) is 24.0 Å². The van der Waals surface area contributed by atoms with Crippen LogP contribution >= 0.6 is 11.8 Å². The number of carbonyl (C=O) groups is 1. The summed E-state index contributed by atoms with van der Waals surface area (Å²) in [6.45, 7) is 2.87. The molecule has 2 aromatic heterocycles. The van der Waals surface area contributed by atoms with Crippen molar-refractivity contribution in [3.63, 3.8) is 0 Å². The average molecular weight is 444 g/mol. The number of ether oxygens (including phenoxy) is 2. The van der Waals surface area contributed by atoms with Gasteiger partial charge in [-0.1, -0.05) is 11.6 Å². The van der Waals surface area contributed by atoms with Gasteiger partial charge in [0, 0.05) is 6.07 Å². The van der Waals surface area contributed by atoms with E-state index in [1.807, 2.05) is 31.4 Å². The van der Waals surface area contributed by atoms with Crippen LogP contribution in [0.5, 0.6) is 5.88 Å². The van der Waals surface area contributed by atoms with Crippen LogP contribution < -0.4 is 4.74 Å². The number of halogens is 1. The predicted octanol–water partition coefficient (Wildman–Crippen LogP) is 2.72. The highest BCUT2D eigenvalue weighted by Gasteiger charge is 2.34. The summed E-state index contributed by atoms with van der Waals surface area (Å²) in [4.78, 5) is 20.7. The monoisotopic (exact) mass is 443 g/mol. The average Bonchev–Trinajstić information content (AvgIpc) is 3.32. The topological polar surface area (TPSA) is 82.4 Å². The van der Waals surface area contributed by atoms with Gasteiger partial charge < -0.3 is 14.4 Å². The minimum atomic E-state index is -0.429. The fourth-order valence-corrected chi connectivity index (χ4v) is 3.98. The van der Waals surface area contributed by atoms with Crippen LogP contribution in [0.3, 0.4) is 0 Å². The minimum Gasteiger partial charge on any atom is -0.475 e. The van der Waals surface area contributed by atoms with Crippen LogP contribution in [-0.4, -0.2) is 68.3 Å². The largest absolute Gasteiger partial charge is 0.475 e. The molecule has 8 nitrogen and oxygen atoms in total. The van der Waals surface area contributed by atoms with Crippen LogP contribution in [0.2, 0.25) is 0 Å². The molecule has 0 unspecified atom stereocenters. The first-order chi connectivity index (χ1) is 15.0. The maximum atomic E-state index is 13.6. The zero-order chi connectivity index (χ0) is 21.8. The van der Waals surface area contributed by atoms with Crippen molar-refractivity contribution in [2.45, 2.75) is 18.4 Å². The van der Waals surface area contributed by atoms with E-state index in [1.54, 1.807) is 29.1 Å². The Labute approximate surface area is 183 Å². The van der Waals surface area contributed by atoms with E-state index in [2.05, 4.69) is 15.2 Å². The van der Waals surface area contributed by atoms with Crippen LogP contribution in [0.4, 0.5) is 4.39 Å². The van der Waals surface area contributed by atoms with E-state index < -0.39 is 5.82 Å². The van der Waals surface area contributed by atoms with Crippen molar-refractivity contribution < 1.29 is 18.7 Å². The number of nitrogens with zero attached hydrogens (tertiary/aromatic N) is 5. The first-order valence-electron chi connectivity index (χ1n) is 9.72. The van der Waals surface area contributed by atoms with E-state index in [9.17, 15) is 9.18 Å². The van der Waals surface area contributed by atoms with Crippen molar-refractivity contribution in [1.29, 1.82) is 0 Å². The summed E-state index contributed by atoms with van der Waals surface area (Å²) in [7, 11) is 0. The molecule has 3 aromatic rings. The molecule has 1 aliphatic heterocycles. The Bertz CT molecular complexity index is 1030. The second-order valence-corrected chi connectivity index (χ2v) is 8.08. The van der Waals surface area contributed by atoms with Crippen LogP contribution in [-0.2, 0) is 4.74 Å². The van der Waals surface area contributed by atoms with Crippen LogP contribution in [0, 0.1) is 12.7 Å². The Morgan fingerprint density at radius 3 is 2.81 bits per heavy atom. The molecule has 1 aliphatic rings. The molecular formula is C21H22FN5O3S. The van der Waals surface area contributed by atoms with Gasteiger partial charge in [0.2, 0.25) is 5.88 Å². The molecule has 1 aromatic carbocycles. The third-order valence-electron chi connectivity index (χ3n) is 4.89. The lowest BCUT2D eigenvalue weighted by molar-refractivity contribution is -0.0483. The highest BCUT2D eigenvalue weighted by atomic mass is 32.2. The number of morpholine rings is 1. The molecule has 2 atom stereocenters. The smallest absolute Gasteiger partial charge is 0.257 e. The number of rotatable bonds is 6. The Morgan fingerprint density at radius 2 is 2.10 bits per heavy atom. The number of aromatic nitrogens is 4. The van der Waals surface area contributed by atoms with Gasteiger partial charge in [0.15, 0.2) is 0 Å². The highest BCUT2D eigenvalue weighted by Crippen LogP contribution is 2.25. The van der Waals surface area contributed by atoms with Crippen molar-refractivity contribution in [3.8, 4) is 11.6 Å². The number of thioether (sulfide) groups is 1. The zero-order valence-electron chi connectivity index (χ0n) is 17.1. The van der Waals surface area contributed by atoms with E-state index in [0.717, 1.165) is 11.8 Å². The van der Waals surface area contributed by atoms with Crippen molar-refractivity contribution >= 4 is 17.7 Å². The molecule has 0 saturated carbocycles. The Morgan fingerprint density at radius 1 is 1.29 bits per heavy atom. The lowest BCUT2D eigenvalue weighted by atomic mass is 10.1. The highest BCUT2D eigenvalue weighted by molar-refractivity contribution is 7.99. The molecule has 4 rings (SSSR count). The van der Waals surface area contributed by atoms with Gasteiger partial charge in [-0.2, -0.15) is 15.0 Å². The molecule has 1 amide bonds. The molecule has 0 N–H and O–H groups in total. The van der Waals surface area contributed by atoms with Gasteiger partial charge in [0.1, 0.15) is 23.9 Å². The number of pyridine rings is 1. The fraction of sp³-hybridized carbons (Fsp3) is 0.333. The number of amides is 1. The minimum absolute atomic E-state index is 0.122. The van der Waals surface area contributed by atoms with Crippen LogP contribution in [0.1, 0.15) is 15.9 Å². The summed E-state index contributed by atoms with van der Waals surface area (Å²) >= 11 is 1.55. The Hall–Kier alpha value is -2.98. The van der Waals surface area contributed by atoms with Crippen LogP contribution in [0.15, 0.2) is 48.9 Å². The van der Waals surface area contributed by atoms with Crippen LogP contribution in [0.25, 0.3) is 5.69 Å². The lowest BCUT2D eigenvalue weighted by Gasteiger charge is -2.39. The van der Waals surface area contributed by atoms with Gasteiger partial charge >= 0.3 is 0 Å². The van der Waals surface area contributed by atoms with Crippen molar-refractivity contribution in [2.75, 3.05) is 26.0 Å². The number of carbonyl (C=O) groups excluding carboxylic acids is 1. The van der Waals surface area contributed by atoms with Crippen molar-refractivity contribution in [2.24, 2.45) is 0 Å². The van der Waals surface area contributed by atoms with Gasteiger partial charge in [0.05, 0.1) is 43.0 Å². The molecule has 0 bridgehead atoms. The number of aryl methyl sites for hydroxylation is 1. The maximum Gasteiger partial charge on any atom is 0.257 e. The molecule has 0 aliphatic carbocycles. The molecule has 162 valence electrons. The normalized spacial score (nSPS) is 18.7. The molecule has 1 saturated heterocycles. The third-order valence-corrected chi connectivity index (χ3v) is 5.82. The quantitative estimate of drug-likeness (QED) is 0.579. The maximum absolute atomic E-state index is 13.6. The zero-order valence-corrected chi connectivity index (χ0v) is 18.0. The lowest BCUT2D eigenvalue weighted by Crippen LogP contribution is -2.52. The Kier molecular flexibility index (Phi) is 6.47. The van der Waals surface area contributed by atoms with E-state index in [0.29, 0.717) is 30.3 Å². The van der Waals surface area contributed by atoms with Gasteiger partial charge in [-0.25, -0.2) is 9.37 Å². The SMILES string of the molecule is CS[C@@H]1CO[C@@H](COc2ccc(F)cn2)CN1C(=O)c1cc(C)ccc1-n1nccn1. The first-order valence-corrected chi connectivity index (χ1v) is 11.0. The summed E-state index contributed by atoms with van der Waals surface area (Å²) in [5.41, 5.74) is 2.11.